The highest BCUT2D eigenvalue weighted by Crippen LogP contribution is 2.37. The van der Waals surface area contributed by atoms with Crippen LogP contribution in [-0.2, 0) is 16.1 Å². The third-order valence-electron chi connectivity index (χ3n) is 6.75. The fourth-order valence-corrected chi connectivity index (χ4v) is 6.33. The van der Waals surface area contributed by atoms with Crippen molar-refractivity contribution in [1.29, 1.82) is 0 Å². The van der Waals surface area contributed by atoms with E-state index in [2.05, 4.69) is 20.9 Å². The van der Waals surface area contributed by atoms with Crippen LogP contribution in [0.4, 0.5) is 10.1 Å². The standard InChI is InChI=1S/C31H25BrFN3O6S/c1-4-41-30(38)26-18(3)34-31-35(27(26)21-9-5-17(2)6-10-21)29(37)25(43-31)15-20-13-23(32)28(24(14-20)36(39)40)42-16-19-7-11-22(33)12-8-19/h5-15,27H,4,16H2,1-3H3/b25-15-/t27-/m0/s1. The zero-order valence-corrected chi connectivity index (χ0v) is 25.7. The molecule has 3 aromatic carbocycles. The number of carbonyl (C=O) groups is 1. The zero-order valence-electron chi connectivity index (χ0n) is 23.3. The van der Waals surface area contributed by atoms with Crippen LogP contribution in [0.1, 0.15) is 42.1 Å². The molecule has 0 unspecified atom stereocenters. The minimum atomic E-state index is -0.763. The highest BCUT2D eigenvalue weighted by molar-refractivity contribution is 9.10. The summed E-state index contributed by atoms with van der Waals surface area (Å²) in [7, 11) is 0. The largest absolute Gasteiger partial charge is 0.481 e. The van der Waals surface area contributed by atoms with E-state index in [1.165, 1.54) is 34.9 Å². The molecule has 0 bridgehead atoms. The van der Waals surface area contributed by atoms with Crippen LogP contribution >= 0.6 is 27.3 Å². The number of benzene rings is 3. The van der Waals surface area contributed by atoms with Crippen molar-refractivity contribution < 1.29 is 23.6 Å². The monoisotopic (exact) mass is 665 g/mol. The molecular weight excluding hydrogens is 641 g/mol. The van der Waals surface area contributed by atoms with Crippen LogP contribution in [0, 0.1) is 22.9 Å². The Bertz CT molecular complexity index is 1950. The maximum atomic E-state index is 13.9. The molecule has 1 atom stereocenters. The van der Waals surface area contributed by atoms with Gasteiger partial charge in [0.05, 0.1) is 37.8 Å². The molecule has 0 saturated heterocycles. The first-order chi connectivity index (χ1) is 20.6. The van der Waals surface area contributed by atoms with Gasteiger partial charge in [-0.15, -0.1) is 0 Å². The first-order valence-electron chi connectivity index (χ1n) is 13.2. The Morgan fingerprint density at radius 1 is 1.16 bits per heavy atom. The summed E-state index contributed by atoms with van der Waals surface area (Å²) >= 11 is 4.48. The SMILES string of the molecule is CCOC(=O)C1=C(C)N=c2s/c(=C\c3cc(Br)c(OCc4ccc(F)cc4)c([N+](=O)[O-])c3)c(=O)n2[C@H]1c1ccc(C)cc1. The lowest BCUT2D eigenvalue weighted by Crippen LogP contribution is -2.39. The Labute approximate surface area is 257 Å². The Morgan fingerprint density at radius 3 is 2.51 bits per heavy atom. The minimum Gasteiger partial charge on any atom is -0.481 e. The highest BCUT2D eigenvalue weighted by atomic mass is 79.9. The quantitative estimate of drug-likeness (QED) is 0.140. The number of allylic oxidation sites excluding steroid dienone is 1. The molecule has 2 heterocycles. The topological polar surface area (TPSA) is 113 Å². The second-order valence-electron chi connectivity index (χ2n) is 9.74. The Kier molecular flexibility index (Phi) is 8.69. The predicted octanol–water partition coefficient (Wildman–Crippen LogP) is 5.50. The molecule has 43 heavy (non-hydrogen) atoms. The van der Waals surface area contributed by atoms with E-state index in [1.54, 1.807) is 26.0 Å². The van der Waals surface area contributed by atoms with E-state index >= 15 is 0 Å². The van der Waals surface area contributed by atoms with Crippen LogP contribution in [0.25, 0.3) is 6.08 Å². The number of ether oxygens (including phenoxy) is 2. The van der Waals surface area contributed by atoms with Crippen molar-refractivity contribution in [1.82, 2.24) is 4.57 Å². The molecule has 1 aliphatic rings. The fraction of sp³-hybridized carbons (Fsp3) is 0.194. The third-order valence-corrected chi connectivity index (χ3v) is 8.32. The second-order valence-corrected chi connectivity index (χ2v) is 11.6. The molecule has 0 aliphatic carbocycles. The summed E-state index contributed by atoms with van der Waals surface area (Å²) in [4.78, 5) is 43.3. The minimum absolute atomic E-state index is 0.00186. The second kappa shape index (κ2) is 12.4. The molecule has 1 aliphatic heterocycles. The molecule has 9 nitrogen and oxygen atoms in total. The molecule has 0 radical (unpaired) electrons. The van der Waals surface area contributed by atoms with Crippen molar-refractivity contribution in [3.05, 3.63) is 134 Å². The van der Waals surface area contributed by atoms with E-state index in [1.807, 2.05) is 31.2 Å². The van der Waals surface area contributed by atoms with Gasteiger partial charge < -0.3 is 9.47 Å². The van der Waals surface area contributed by atoms with Gasteiger partial charge in [-0.05, 0) is 77.7 Å². The van der Waals surface area contributed by atoms with Crippen LogP contribution in [0.2, 0.25) is 0 Å². The number of hydrogen-bond donors (Lipinski definition) is 0. The molecule has 1 aromatic heterocycles. The maximum absolute atomic E-state index is 13.9. The lowest BCUT2D eigenvalue weighted by molar-refractivity contribution is -0.386. The van der Waals surface area contributed by atoms with Crippen molar-refractivity contribution in [3.8, 4) is 5.75 Å². The molecule has 0 saturated carbocycles. The Morgan fingerprint density at radius 2 is 1.86 bits per heavy atom. The molecule has 0 fully saturated rings. The van der Waals surface area contributed by atoms with E-state index in [0.717, 1.165) is 22.5 Å². The summed E-state index contributed by atoms with van der Waals surface area (Å²) in [6.45, 7) is 5.51. The lowest BCUT2D eigenvalue weighted by atomic mass is 9.95. The summed E-state index contributed by atoms with van der Waals surface area (Å²) < 4.78 is 26.3. The number of aromatic nitrogens is 1. The number of halogens is 2. The average molecular weight is 667 g/mol. The summed E-state index contributed by atoms with van der Waals surface area (Å²) in [6.07, 6.45) is 1.54. The van der Waals surface area contributed by atoms with Crippen molar-refractivity contribution in [3.63, 3.8) is 0 Å². The number of fused-ring (bicyclic) bond motifs is 1. The molecule has 0 amide bonds. The van der Waals surface area contributed by atoms with Crippen LogP contribution in [0.5, 0.6) is 5.75 Å². The van der Waals surface area contributed by atoms with Crippen molar-refractivity contribution in [2.24, 2.45) is 4.99 Å². The van der Waals surface area contributed by atoms with E-state index < -0.39 is 28.3 Å². The van der Waals surface area contributed by atoms with Gasteiger partial charge in [-0.3, -0.25) is 19.5 Å². The Hall–Kier alpha value is -4.42. The van der Waals surface area contributed by atoms with Crippen molar-refractivity contribution in [2.45, 2.75) is 33.4 Å². The number of carbonyl (C=O) groups excluding carboxylic acids is 1. The number of aryl methyl sites for hydroxylation is 1. The number of rotatable bonds is 8. The van der Waals surface area contributed by atoms with Crippen LogP contribution in [-0.4, -0.2) is 22.1 Å². The molecular formula is C31H25BrFN3O6S. The summed E-state index contributed by atoms with van der Waals surface area (Å²) in [6, 6.07) is 15.3. The number of nitro benzene ring substituents is 1. The average Bonchev–Trinajstić information content (AvgIpc) is 3.26. The smallest absolute Gasteiger partial charge is 0.338 e. The number of thiazole rings is 1. The Balaban J connectivity index is 1.59. The van der Waals surface area contributed by atoms with Gasteiger partial charge in [0.2, 0.25) is 5.75 Å². The van der Waals surface area contributed by atoms with Gasteiger partial charge in [-0.2, -0.15) is 0 Å². The molecule has 4 aromatic rings. The number of nitro groups is 1. The molecule has 220 valence electrons. The van der Waals surface area contributed by atoms with E-state index in [-0.39, 0.29) is 34.8 Å². The van der Waals surface area contributed by atoms with Gasteiger partial charge in [0, 0.05) is 6.07 Å². The molecule has 0 N–H and O–H groups in total. The number of nitrogens with zero attached hydrogens (tertiary/aromatic N) is 3. The van der Waals surface area contributed by atoms with Gasteiger partial charge in [-0.1, -0.05) is 53.3 Å². The molecule has 12 heteroatoms. The molecule has 0 spiro atoms. The highest BCUT2D eigenvalue weighted by Gasteiger charge is 2.33. The summed E-state index contributed by atoms with van der Waals surface area (Å²) in [5.41, 5.74) is 2.75. The van der Waals surface area contributed by atoms with E-state index in [4.69, 9.17) is 9.47 Å². The van der Waals surface area contributed by atoms with Crippen LogP contribution in [0.3, 0.4) is 0 Å². The number of esters is 1. The van der Waals surface area contributed by atoms with Gasteiger partial charge in [-0.25, -0.2) is 14.2 Å². The van der Waals surface area contributed by atoms with Crippen molar-refractivity contribution in [2.75, 3.05) is 6.61 Å². The first-order valence-corrected chi connectivity index (χ1v) is 14.8. The first kappa shape index (κ1) is 30.1. The van der Waals surface area contributed by atoms with Crippen LogP contribution in [0.15, 0.2) is 86.2 Å². The number of hydrogen-bond acceptors (Lipinski definition) is 8. The van der Waals surface area contributed by atoms with E-state index in [0.29, 0.717) is 26.1 Å². The summed E-state index contributed by atoms with van der Waals surface area (Å²) in [5, 5.41) is 12.0. The van der Waals surface area contributed by atoms with Gasteiger partial charge >= 0.3 is 11.7 Å². The van der Waals surface area contributed by atoms with Gasteiger partial charge in [0.1, 0.15) is 12.4 Å². The lowest BCUT2D eigenvalue weighted by Gasteiger charge is -2.24. The van der Waals surface area contributed by atoms with Crippen molar-refractivity contribution >= 4 is 45.0 Å². The predicted molar refractivity (Wildman–Crippen MR) is 163 cm³/mol. The maximum Gasteiger partial charge on any atom is 0.338 e. The van der Waals surface area contributed by atoms with Gasteiger partial charge in [0.15, 0.2) is 4.80 Å². The zero-order chi connectivity index (χ0) is 30.8. The fourth-order valence-electron chi connectivity index (χ4n) is 4.70. The normalized spacial score (nSPS) is 14.7. The van der Waals surface area contributed by atoms with Crippen LogP contribution < -0.4 is 19.6 Å². The van der Waals surface area contributed by atoms with Gasteiger partial charge in [0.25, 0.3) is 5.56 Å². The summed E-state index contributed by atoms with van der Waals surface area (Å²) in [5.74, 6) is -0.954. The molecule has 5 rings (SSSR count). The van der Waals surface area contributed by atoms with E-state index in [9.17, 15) is 24.1 Å². The third kappa shape index (κ3) is 6.20.